The number of amides is 1. The van der Waals surface area contributed by atoms with E-state index >= 15 is 0 Å². The Bertz CT molecular complexity index is 757. The molecule has 0 radical (unpaired) electrons. The lowest BCUT2D eigenvalue weighted by atomic mass is 9.87. The summed E-state index contributed by atoms with van der Waals surface area (Å²) in [5.41, 5.74) is 0.185. The number of benzene rings is 1. The number of piperidine rings is 1. The fraction of sp³-hybridized carbons (Fsp3) is 0.375. The van der Waals surface area contributed by atoms with Crippen LogP contribution >= 0.6 is 12.4 Å². The second-order valence-corrected chi connectivity index (χ2v) is 5.94. The number of nitro benzene ring substituents is 1. The Labute approximate surface area is 151 Å². The maximum Gasteiger partial charge on any atom is 0.274 e. The van der Waals surface area contributed by atoms with Crippen LogP contribution in [0.3, 0.4) is 0 Å². The highest BCUT2D eigenvalue weighted by atomic mass is 35.5. The third kappa shape index (κ3) is 3.64. The number of hydrogen-bond acceptors (Lipinski definition) is 5. The van der Waals surface area contributed by atoms with E-state index in [4.69, 9.17) is 0 Å². The molecule has 0 bridgehead atoms. The van der Waals surface area contributed by atoms with Gasteiger partial charge in [0.15, 0.2) is 0 Å². The van der Waals surface area contributed by atoms with Crippen LogP contribution in [0.5, 0.6) is 0 Å². The zero-order chi connectivity index (χ0) is 17.2. The monoisotopic (exact) mass is 365 g/mol. The van der Waals surface area contributed by atoms with Gasteiger partial charge in [-0.2, -0.15) is 5.10 Å². The van der Waals surface area contributed by atoms with Gasteiger partial charge in [0, 0.05) is 29.7 Å². The normalized spacial score (nSPS) is 15.9. The molecule has 3 rings (SSSR count). The van der Waals surface area contributed by atoms with Gasteiger partial charge < -0.3 is 10.6 Å². The summed E-state index contributed by atoms with van der Waals surface area (Å²) in [5, 5.41) is 21.4. The molecule has 1 saturated heterocycles. The Morgan fingerprint density at radius 1 is 1.40 bits per heavy atom. The summed E-state index contributed by atoms with van der Waals surface area (Å²) in [7, 11) is 0. The standard InChI is InChI=1S/C16H19N5O3.ClH/c1-12-3-4-13(11-14(12)21(23)24)19-15(22)16(5-8-17-9-6-16)20-10-2-7-18-20;/h2-4,7,10-11,17H,5-6,8-9H2,1H3,(H,19,22);1H. The summed E-state index contributed by atoms with van der Waals surface area (Å²) < 4.78 is 1.69. The molecule has 9 heteroatoms. The Morgan fingerprint density at radius 3 is 2.72 bits per heavy atom. The number of aromatic nitrogens is 2. The first kappa shape index (κ1) is 18.9. The van der Waals surface area contributed by atoms with E-state index in [1.165, 1.54) is 6.07 Å². The van der Waals surface area contributed by atoms with E-state index in [9.17, 15) is 14.9 Å². The van der Waals surface area contributed by atoms with Gasteiger partial charge in [0.25, 0.3) is 11.6 Å². The fourth-order valence-corrected chi connectivity index (χ4v) is 3.05. The lowest BCUT2D eigenvalue weighted by molar-refractivity contribution is -0.385. The molecule has 25 heavy (non-hydrogen) atoms. The first-order valence-electron chi connectivity index (χ1n) is 7.80. The lowest BCUT2D eigenvalue weighted by Gasteiger charge is -2.36. The highest BCUT2D eigenvalue weighted by Gasteiger charge is 2.42. The number of rotatable bonds is 4. The molecule has 2 N–H and O–H groups in total. The number of carbonyl (C=O) groups excluding carboxylic acids is 1. The molecule has 1 amide bonds. The van der Waals surface area contributed by atoms with Crippen molar-refractivity contribution in [1.29, 1.82) is 0 Å². The SMILES string of the molecule is Cc1ccc(NC(=O)C2(n3cccn3)CCNCC2)cc1[N+](=O)[O-].Cl. The van der Waals surface area contributed by atoms with Crippen molar-refractivity contribution in [1.82, 2.24) is 15.1 Å². The van der Waals surface area contributed by atoms with Gasteiger partial charge in [-0.15, -0.1) is 12.4 Å². The van der Waals surface area contributed by atoms with Gasteiger partial charge >= 0.3 is 0 Å². The van der Waals surface area contributed by atoms with Gasteiger partial charge in [-0.1, -0.05) is 6.07 Å². The molecule has 0 atom stereocenters. The Hall–Kier alpha value is -2.45. The molecule has 134 valence electrons. The molecule has 0 aliphatic carbocycles. The summed E-state index contributed by atoms with van der Waals surface area (Å²) in [5.74, 6) is -0.203. The lowest BCUT2D eigenvalue weighted by Crippen LogP contribution is -2.52. The second-order valence-electron chi connectivity index (χ2n) is 5.94. The van der Waals surface area contributed by atoms with Crippen molar-refractivity contribution >= 4 is 29.7 Å². The number of hydrogen-bond donors (Lipinski definition) is 2. The van der Waals surface area contributed by atoms with E-state index in [1.807, 2.05) is 0 Å². The fourth-order valence-electron chi connectivity index (χ4n) is 3.05. The van der Waals surface area contributed by atoms with Gasteiger partial charge in [-0.3, -0.25) is 19.6 Å². The van der Waals surface area contributed by atoms with Crippen LogP contribution in [-0.4, -0.2) is 33.7 Å². The van der Waals surface area contributed by atoms with Crippen molar-refractivity contribution in [3.8, 4) is 0 Å². The van der Waals surface area contributed by atoms with E-state index in [-0.39, 0.29) is 24.0 Å². The molecule has 2 aromatic rings. The molecule has 1 aromatic carbocycles. The quantitative estimate of drug-likeness (QED) is 0.639. The minimum atomic E-state index is -0.783. The maximum absolute atomic E-state index is 13.0. The highest BCUT2D eigenvalue weighted by molar-refractivity contribution is 5.97. The van der Waals surface area contributed by atoms with Gasteiger partial charge in [0.05, 0.1) is 4.92 Å². The Morgan fingerprint density at radius 2 is 2.12 bits per heavy atom. The van der Waals surface area contributed by atoms with Crippen molar-refractivity contribution in [3.63, 3.8) is 0 Å². The first-order chi connectivity index (χ1) is 11.5. The second kappa shape index (κ2) is 7.62. The van der Waals surface area contributed by atoms with Crippen LogP contribution < -0.4 is 10.6 Å². The third-order valence-electron chi connectivity index (χ3n) is 4.46. The van der Waals surface area contributed by atoms with Crippen LogP contribution in [0.2, 0.25) is 0 Å². The van der Waals surface area contributed by atoms with Crippen LogP contribution in [0.25, 0.3) is 0 Å². The topological polar surface area (TPSA) is 102 Å². The van der Waals surface area contributed by atoms with Crippen LogP contribution in [0.15, 0.2) is 36.7 Å². The van der Waals surface area contributed by atoms with E-state index in [2.05, 4.69) is 15.7 Å². The predicted octanol–water partition coefficient (Wildman–Crippen LogP) is 2.24. The van der Waals surface area contributed by atoms with Crippen LogP contribution in [0.4, 0.5) is 11.4 Å². The minimum Gasteiger partial charge on any atom is -0.324 e. The molecule has 0 spiro atoms. The Balaban J connectivity index is 0.00000225. The van der Waals surface area contributed by atoms with Crippen molar-refractivity contribution in [2.24, 2.45) is 0 Å². The zero-order valence-corrected chi connectivity index (χ0v) is 14.6. The summed E-state index contributed by atoms with van der Waals surface area (Å²) in [6, 6.07) is 6.49. The number of nitrogens with zero attached hydrogens (tertiary/aromatic N) is 3. The molecule has 1 fully saturated rings. The van der Waals surface area contributed by atoms with Crippen LogP contribution in [-0.2, 0) is 10.3 Å². The molecule has 8 nitrogen and oxygen atoms in total. The summed E-state index contributed by atoms with van der Waals surface area (Å²) in [6.07, 6.45) is 4.64. The molecule has 0 saturated carbocycles. The number of nitro groups is 1. The molecular formula is C16H20ClN5O3. The number of halogens is 1. The summed E-state index contributed by atoms with van der Waals surface area (Å²) in [4.78, 5) is 23.6. The molecule has 1 aliphatic rings. The van der Waals surface area contributed by atoms with Crippen molar-refractivity contribution < 1.29 is 9.72 Å². The minimum absolute atomic E-state index is 0. The number of carbonyl (C=O) groups is 1. The smallest absolute Gasteiger partial charge is 0.274 e. The number of aryl methyl sites for hydroxylation is 1. The van der Waals surface area contributed by atoms with Crippen LogP contribution in [0.1, 0.15) is 18.4 Å². The average Bonchev–Trinajstić information content (AvgIpc) is 3.12. The molecule has 0 unspecified atom stereocenters. The number of nitrogens with one attached hydrogen (secondary N) is 2. The Kier molecular flexibility index (Phi) is 5.76. The van der Waals surface area contributed by atoms with E-state index in [0.29, 0.717) is 37.2 Å². The van der Waals surface area contributed by atoms with Gasteiger partial charge in [0.1, 0.15) is 5.54 Å². The van der Waals surface area contributed by atoms with Crippen molar-refractivity contribution in [2.75, 3.05) is 18.4 Å². The summed E-state index contributed by atoms with van der Waals surface area (Å²) >= 11 is 0. The molecular weight excluding hydrogens is 346 g/mol. The van der Waals surface area contributed by atoms with Gasteiger partial charge in [-0.05, 0) is 45.0 Å². The van der Waals surface area contributed by atoms with Gasteiger partial charge in [-0.25, -0.2) is 0 Å². The largest absolute Gasteiger partial charge is 0.324 e. The molecule has 1 aromatic heterocycles. The number of anilines is 1. The zero-order valence-electron chi connectivity index (χ0n) is 13.8. The van der Waals surface area contributed by atoms with E-state index in [0.717, 1.165) is 0 Å². The van der Waals surface area contributed by atoms with E-state index in [1.54, 1.807) is 42.2 Å². The predicted molar refractivity (Wildman–Crippen MR) is 96.0 cm³/mol. The van der Waals surface area contributed by atoms with Crippen molar-refractivity contribution in [3.05, 3.63) is 52.3 Å². The third-order valence-corrected chi connectivity index (χ3v) is 4.46. The maximum atomic E-state index is 13.0. The highest BCUT2D eigenvalue weighted by Crippen LogP contribution is 2.30. The first-order valence-corrected chi connectivity index (χ1v) is 7.80. The molecule has 1 aliphatic heterocycles. The average molecular weight is 366 g/mol. The van der Waals surface area contributed by atoms with E-state index < -0.39 is 10.5 Å². The molecule has 2 heterocycles. The van der Waals surface area contributed by atoms with Crippen molar-refractivity contribution in [2.45, 2.75) is 25.3 Å². The summed E-state index contributed by atoms with van der Waals surface area (Å²) in [6.45, 7) is 3.09. The van der Waals surface area contributed by atoms with Gasteiger partial charge in [0.2, 0.25) is 0 Å². The van der Waals surface area contributed by atoms with Crippen LogP contribution in [0, 0.1) is 17.0 Å².